The smallest absolute Gasteiger partial charge is 0.338 e. The van der Waals surface area contributed by atoms with Crippen LogP contribution in [0.2, 0.25) is 5.02 Å². The molecular weight excluding hydrogens is 481 g/mol. The van der Waals surface area contributed by atoms with Crippen molar-refractivity contribution in [3.8, 4) is 6.07 Å². The van der Waals surface area contributed by atoms with Crippen molar-refractivity contribution in [1.29, 1.82) is 5.26 Å². The van der Waals surface area contributed by atoms with Gasteiger partial charge in [0.15, 0.2) is 5.82 Å². The standard InChI is InChI=1S/C24H26ClF3N6O/c1-23(2,3)32-20(24(26,27)28)15-7-6-14(12-16(15)25)31-21-19-18(9-11-30-22(19)35)34(33-21)17(8-10-29)13-4-5-13/h6-7,9,11-13,17,20,32H,4-5,8H2,1-3H3,(H,30,35)(H,31,33)/t17?,20-/m0/s1. The number of benzene rings is 1. The summed E-state index contributed by atoms with van der Waals surface area (Å²) in [6.45, 7) is 4.95. The molecule has 2 atom stereocenters. The summed E-state index contributed by atoms with van der Waals surface area (Å²) >= 11 is 6.31. The van der Waals surface area contributed by atoms with Gasteiger partial charge in [0.1, 0.15) is 11.4 Å². The number of hydrogen-bond acceptors (Lipinski definition) is 5. The maximum absolute atomic E-state index is 13.8. The molecule has 2 heterocycles. The van der Waals surface area contributed by atoms with Crippen molar-refractivity contribution < 1.29 is 13.2 Å². The third kappa shape index (κ3) is 5.46. The molecule has 1 aromatic carbocycles. The normalized spacial score (nSPS) is 16.2. The van der Waals surface area contributed by atoms with Crippen LogP contribution in [-0.4, -0.2) is 26.5 Å². The lowest BCUT2D eigenvalue weighted by atomic mass is 10.0. The fraction of sp³-hybridized carbons (Fsp3) is 0.458. The molecular formula is C24H26ClF3N6O. The van der Waals surface area contributed by atoms with Gasteiger partial charge in [-0.25, -0.2) is 0 Å². The molecule has 0 saturated heterocycles. The van der Waals surface area contributed by atoms with Gasteiger partial charge in [0, 0.05) is 22.4 Å². The van der Waals surface area contributed by atoms with E-state index in [0.717, 1.165) is 12.8 Å². The van der Waals surface area contributed by atoms with Crippen molar-refractivity contribution in [3.05, 3.63) is 51.4 Å². The minimum absolute atomic E-state index is 0.0768. The first-order valence-corrected chi connectivity index (χ1v) is 11.6. The van der Waals surface area contributed by atoms with E-state index in [9.17, 15) is 23.2 Å². The molecule has 0 aliphatic heterocycles. The first-order chi connectivity index (χ1) is 16.4. The third-order valence-corrected chi connectivity index (χ3v) is 6.22. The van der Waals surface area contributed by atoms with Crippen LogP contribution >= 0.6 is 11.6 Å². The quantitative estimate of drug-likeness (QED) is 0.366. The molecule has 3 aromatic rings. The molecule has 35 heavy (non-hydrogen) atoms. The Morgan fingerprint density at radius 2 is 2.00 bits per heavy atom. The van der Waals surface area contributed by atoms with Gasteiger partial charge in [-0.2, -0.15) is 23.5 Å². The Bertz CT molecular complexity index is 1330. The average molecular weight is 507 g/mol. The van der Waals surface area contributed by atoms with E-state index in [-0.39, 0.29) is 34.4 Å². The zero-order chi connectivity index (χ0) is 25.5. The van der Waals surface area contributed by atoms with Gasteiger partial charge in [0.25, 0.3) is 5.56 Å². The Morgan fingerprint density at radius 1 is 1.29 bits per heavy atom. The van der Waals surface area contributed by atoms with E-state index in [1.54, 1.807) is 31.5 Å². The highest BCUT2D eigenvalue weighted by molar-refractivity contribution is 6.31. The molecule has 7 nitrogen and oxygen atoms in total. The molecule has 186 valence electrons. The highest BCUT2D eigenvalue weighted by Crippen LogP contribution is 2.43. The average Bonchev–Trinajstić information content (AvgIpc) is 3.52. The number of anilines is 2. The molecule has 1 aliphatic rings. The summed E-state index contributed by atoms with van der Waals surface area (Å²) in [4.78, 5) is 15.3. The predicted octanol–water partition coefficient (Wildman–Crippen LogP) is 5.98. The molecule has 1 aliphatic carbocycles. The molecule has 2 aromatic heterocycles. The molecule has 1 saturated carbocycles. The summed E-state index contributed by atoms with van der Waals surface area (Å²) in [5, 5.41) is 19.7. The van der Waals surface area contributed by atoms with Crippen LogP contribution in [0.3, 0.4) is 0 Å². The van der Waals surface area contributed by atoms with Crippen molar-refractivity contribution in [2.75, 3.05) is 5.32 Å². The van der Waals surface area contributed by atoms with Gasteiger partial charge in [-0.1, -0.05) is 17.7 Å². The number of rotatable bonds is 7. The van der Waals surface area contributed by atoms with E-state index in [0.29, 0.717) is 22.5 Å². The van der Waals surface area contributed by atoms with Gasteiger partial charge in [0.2, 0.25) is 0 Å². The van der Waals surface area contributed by atoms with Crippen molar-refractivity contribution in [1.82, 2.24) is 20.1 Å². The molecule has 4 rings (SSSR count). The molecule has 3 N–H and O–H groups in total. The fourth-order valence-corrected chi connectivity index (χ4v) is 4.50. The number of nitriles is 1. The summed E-state index contributed by atoms with van der Waals surface area (Å²) in [5.41, 5.74) is -0.298. The maximum Gasteiger partial charge on any atom is 0.407 e. The highest BCUT2D eigenvalue weighted by atomic mass is 35.5. The van der Waals surface area contributed by atoms with Crippen molar-refractivity contribution in [2.24, 2.45) is 5.92 Å². The van der Waals surface area contributed by atoms with Gasteiger partial charge in [0.05, 0.1) is 24.0 Å². The number of hydrogen-bond donors (Lipinski definition) is 3. The van der Waals surface area contributed by atoms with Crippen LogP contribution in [0.5, 0.6) is 0 Å². The molecule has 1 fully saturated rings. The number of aromatic amines is 1. The van der Waals surface area contributed by atoms with Crippen LogP contribution in [0.15, 0.2) is 35.3 Å². The number of halogens is 4. The predicted molar refractivity (Wildman–Crippen MR) is 129 cm³/mol. The second kappa shape index (κ2) is 9.21. The lowest BCUT2D eigenvalue weighted by Gasteiger charge is -2.31. The Labute approximate surface area is 205 Å². The summed E-state index contributed by atoms with van der Waals surface area (Å²) in [6.07, 6.45) is -0.798. The van der Waals surface area contributed by atoms with E-state index < -0.39 is 17.8 Å². The van der Waals surface area contributed by atoms with Crippen LogP contribution in [0.4, 0.5) is 24.7 Å². The summed E-state index contributed by atoms with van der Waals surface area (Å²) in [6, 6.07) is 5.98. The number of alkyl halides is 3. The van der Waals surface area contributed by atoms with E-state index >= 15 is 0 Å². The van der Waals surface area contributed by atoms with E-state index in [1.807, 2.05) is 0 Å². The zero-order valence-electron chi connectivity index (χ0n) is 19.5. The van der Waals surface area contributed by atoms with E-state index in [1.165, 1.54) is 24.4 Å². The Balaban J connectivity index is 1.71. The van der Waals surface area contributed by atoms with Crippen LogP contribution in [0, 0.1) is 17.2 Å². The third-order valence-electron chi connectivity index (χ3n) is 5.89. The monoisotopic (exact) mass is 506 g/mol. The minimum atomic E-state index is -4.55. The minimum Gasteiger partial charge on any atom is -0.338 e. The lowest BCUT2D eigenvalue weighted by molar-refractivity contribution is -0.161. The van der Waals surface area contributed by atoms with Gasteiger partial charge in [-0.3, -0.25) is 14.8 Å². The van der Waals surface area contributed by atoms with Gasteiger partial charge < -0.3 is 10.3 Å². The van der Waals surface area contributed by atoms with Crippen LogP contribution in [-0.2, 0) is 0 Å². The molecule has 0 radical (unpaired) electrons. The Morgan fingerprint density at radius 3 is 2.57 bits per heavy atom. The Kier molecular flexibility index (Phi) is 6.60. The Hall–Kier alpha value is -3.03. The molecule has 1 unspecified atom stereocenters. The summed E-state index contributed by atoms with van der Waals surface area (Å²) in [5.74, 6) is 0.558. The largest absolute Gasteiger partial charge is 0.407 e. The zero-order valence-corrected chi connectivity index (χ0v) is 20.3. The maximum atomic E-state index is 13.8. The number of nitrogens with one attached hydrogen (secondary N) is 3. The highest BCUT2D eigenvalue weighted by Gasteiger charge is 2.43. The number of pyridine rings is 1. The second-order valence-electron chi connectivity index (χ2n) is 9.86. The van der Waals surface area contributed by atoms with Gasteiger partial charge in [-0.15, -0.1) is 0 Å². The van der Waals surface area contributed by atoms with Crippen molar-refractivity contribution in [3.63, 3.8) is 0 Å². The van der Waals surface area contributed by atoms with E-state index in [4.69, 9.17) is 11.6 Å². The molecule has 0 spiro atoms. The van der Waals surface area contributed by atoms with Crippen LogP contribution < -0.4 is 16.2 Å². The van der Waals surface area contributed by atoms with Crippen LogP contribution in [0.25, 0.3) is 10.9 Å². The second-order valence-corrected chi connectivity index (χ2v) is 10.3. The molecule has 11 heteroatoms. The lowest BCUT2D eigenvalue weighted by Crippen LogP contribution is -2.45. The SMILES string of the molecule is CC(C)(C)N[C@@H](c1ccc(Nc2nn(C(CC#N)C3CC3)c3cc[nH]c(=O)c23)cc1Cl)C(F)(F)F. The van der Waals surface area contributed by atoms with E-state index in [2.05, 4.69) is 26.8 Å². The summed E-state index contributed by atoms with van der Waals surface area (Å²) in [7, 11) is 0. The van der Waals surface area contributed by atoms with Gasteiger partial charge in [-0.05, 0) is 63.3 Å². The number of nitrogens with zero attached hydrogens (tertiary/aromatic N) is 3. The first-order valence-electron chi connectivity index (χ1n) is 11.3. The molecule has 0 bridgehead atoms. The number of aromatic nitrogens is 3. The number of fused-ring (bicyclic) bond motifs is 1. The molecule has 0 amide bonds. The first kappa shape index (κ1) is 25.1. The van der Waals surface area contributed by atoms with Gasteiger partial charge >= 0.3 is 6.18 Å². The number of H-pyrrole nitrogens is 1. The van der Waals surface area contributed by atoms with Crippen molar-refractivity contribution >= 4 is 34.0 Å². The van der Waals surface area contributed by atoms with Crippen LogP contribution in [0.1, 0.15) is 57.7 Å². The topological polar surface area (TPSA) is 98.5 Å². The fourth-order valence-electron chi connectivity index (χ4n) is 4.21. The van der Waals surface area contributed by atoms with Crippen molar-refractivity contribution in [2.45, 2.75) is 63.8 Å². The summed E-state index contributed by atoms with van der Waals surface area (Å²) < 4.78 is 43.1.